The van der Waals surface area contributed by atoms with Crippen molar-refractivity contribution in [3.63, 3.8) is 0 Å². The maximum atomic E-state index is 14.3. The smallest absolute Gasteiger partial charge is 0.343 e. The van der Waals surface area contributed by atoms with E-state index in [0.717, 1.165) is 12.1 Å². The Bertz CT molecular complexity index is 1120. The first-order chi connectivity index (χ1) is 15.2. The van der Waals surface area contributed by atoms with Crippen LogP contribution >= 0.6 is 39.1 Å². The van der Waals surface area contributed by atoms with Gasteiger partial charge in [0.25, 0.3) is 5.91 Å². The minimum atomic E-state index is -4.96. The van der Waals surface area contributed by atoms with Gasteiger partial charge in [-0.15, -0.1) is 0 Å². The summed E-state index contributed by atoms with van der Waals surface area (Å²) in [7, 11) is 0. The molecule has 0 spiro atoms. The molecule has 0 saturated heterocycles. The van der Waals surface area contributed by atoms with E-state index in [-0.39, 0.29) is 38.0 Å². The molecule has 1 heterocycles. The molecule has 1 aliphatic rings. The molecule has 13 heteroatoms. The number of hydroxylamine groups is 1. The van der Waals surface area contributed by atoms with Crippen molar-refractivity contribution in [1.82, 2.24) is 10.8 Å². The molecular weight excluding hydrogens is 565 g/mol. The number of hydrogen-bond acceptors (Lipinski definition) is 3. The maximum absolute atomic E-state index is 14.3. The van der Waals surface area contributed by atoms with E-state index in [0.29, 0.717) is 0 Å². The maximum Gasteiger partial charge on any atom is 0.429 e. The Balaban J connectivity index is 2.04. The number of alkyl halides is 6. The molecule has 0 radical (unpaired) electrons. The fraction of sp³-hybridized carbons (Fsp3) is 0.250. The predicted molar refractivity (Wildman–Crippen MR) is 114 cm³/mol. The summed E-state index contributed by atoms with van der Waals surface area (Å²) < 4.78 is 79.4. The number of benzene rings is 2. The van der Waals surface area contributed by atoms with Gasteiger partial charge in [-0.25, -0.2) is 4.84 Å². The summed E-state index contributed by atoms with van der Waals surface area (Å²) in [5, 5.41) is 1.67. The van der Waals surface area contributed by atoms with Crippen LogP contribution in [-0.2, 0) is 10.4 Å². The molecule has 1 atom stereocenters. The Morgan fingerprint density at radius 1 is 1.09 bits per heavy atom. The van der Waals surface area contributed by atoms with Gasteiger partial charge in [-0.3, -0.25) is 10.3 Å². The summed E-state index contributed by atoms with van der Waals surface area (Å²) >= 11 is 14.8. The average molecular weight is 578 g/mol. The van der Waals surface area contributed by atoms with Gasteiger partial charge in [0.15, 0.2) is 0 Å². The first-order valence-corrected chi connectivity index (χ1v) is 10.5. The van der Waals surface area contributed by atoms with Crippen molar-refractivity contribution in [1.29, 1.82) is 0 Å². The largest absolute Gasteiger partial charge is 0.429 e. The quantitative estimate of drug-likeness (QED) is 0.400. The highest BCUT2D eigenvalue weighted by atomic mass is 79.9. The molecule has 0 saturated carbocycles. The highest BCUT2D eigenvalue weighted by molar-refractivity contribution is 9.12. The number of carbonyl (C=O) groups excluding carboxylic acids is 1. The van der Waals surface area contributed by atoms with Gasteiger partial charge in [-0.05, 0) is 58.7 Å². The summed E-state index contributed by atoms with van der Waals surface area (Å²) in [4.78, 5) is 17.1. The van der Waals surface area contributed by atoms with E-state index in [1.165, 1.54) is 31.2 Å². The summed E-state index contributed by atoms with van der Waals surface area (Å²) in [6.07, 6.45) is -9.55. The molecule has 1 unspecified atom stereocenters. The third-order valence-electron chi connectivity index (χ3n) is 4.71. The third-order valence-corrected chi connectivity index (χ3v) is 6.10. The number of amides is 1. The molecule has 2 N–H and O–H groups in total. The second kappa shape index (κ2) is 9.01. The molecule has 1 aliphatic heterocycles. The van der Waals surface area contributed by atoms with Gasteiger partial charge < -0.3 is 5.32 Å². The highest BCUT2D eigenvalue weighted by Gasteiger charge is 2.64. The monoisotopic (exact) mass is 576 g/mol. The zero-order valence-corrected chi connectivity index (χ0v) is 19.5. The molecule has 4 nitrogen and oxygen atoms in total. The van der Waals surface area contributed by atoms with Crippen LogP contribution in [0.15, 0.2) is 40.9 Å². The van der Waals surface area contributed by atoms with Crippen molar-refractivity contribution in [2.24, 2.45) is 0 Å². The molecule has 33 heavy (non-hydrogen) atoms. The number of aryl methyl sites for hydroxylation is 1. The van der Waals surface area contributed by atoms with Gasteiger partial charge in [0, 0.05) is 26.7 Å². The Morgan fingerprint density at radius 2 is 1.70 bits per heavy atom. The number of halogens is 9. The van der Waals surface area contributed by atoms with E-state index in [1.54, 1.807) is 5.32 Å². The van der Waals surface area contributed by atoms with E-state index in [9.17, 15) is 31.1 Å². The lowest BCUT2D eigenvalue weighted by atomic mass is 9.91. The van der Waals surface area contributed by atoms with E-state index >= 15 is 0 Å². The van der Waals surface area contributed by atoms with Crippen LogP contribution < -0.4 is 10.8 Å². The van der Waals surface area contributed by atoms with E-state index in [2.05, 4.69) is 21.4 Å². The molecule has 0 aromatic heterocycles. The van der Waals surface area contributed by atoms with Crippen LogP contribution in [0.2, 0.25) is 10.0 Å². The number of rotatable bonds is 4. The van der Waals surface area contributed by atoms with Gasteiger partial charge in [0.1, 0.15) is 6.54 Å². The number of hydrogen-bond donors (Lipinski definition) is 2. The molecule has 0 aliphatic carbocycles. The van der Waals surface area contributed by atoms with Crippen molar-refractivity contribution in [2.75, 3.05) is 6.54 Å². The molecule has 2 aromatic carbocycles. The summed E-state index contributed by atoms with van der Waals surface area (Å²) in [6, 6.07) is 7.21. The Labute approximate surface area is 202 Å². The van der Waals surface area contributed by atoms with Crippen molar-refractivity contribution < 1.29 is 36.0 Å². The molecule has 178 valence electrons. The number of nitrogens with one attached hydrogen (secondary N) is 2. The van der Waals surface area contributed by atoms with Crippen LogP contribution in [0.1, 0.15) is 27.0 Å². The van der Waals surface area contributed by atoms with Crippen molar-refractivity contribution in [2.45, 2.75) is 24.9 Å². The number of carbonyl (C=O) groups is 1. The first-order valence-electron chi connectivity index (χ1n) is 8.99. The Hall–Kier alpha value is -1.95. The molecule has 2 aromatic rings. The molecule has 3 rings (SSSR count). The lowest BCUT2D eigenvalue weighted by Crippen LogP contribution is -2.44. The van der Waals surface area contributed by atoms with Crippen LogP contribution in [0.25, 0.3) is 5.70 Å². The van der Waals surface area contributed by atoms with E-state index < -0.39 is 34.9 Å². The SMILES string of the molecule is Cc1cc(C2=C(Br)C(c3cc(Cl)cc(Cl)c3)(C(F)(F)F)ON2)ccc1C(=O)NCC(F)(F)F. The Morgan fingerprint density at radius 3 is 2.21 bits per heavy atom. The normalized spacial score (nSPS) is 19.0. The van der Waals surface area contributed by atoms with Gasteiger partial charge in [-0.1, -0.05) is 29.3 Å². The average Bonchev–Trinajstić information content (AvgIpc) is 3.03. The second-order valence-corrected chi connectivity index (χ2v) is 8.72. The second-order valence-electron chi connectivity index (χ2n) is 7.06. The van der Waals surface area contributed by atoms with Gasteiger partial charge in [0.2, 0.25) is 5.60 Å². The van der Waals surface area contributed by atoms with Crippen LogP contribution in [-0.4, -0.2) is 24.8 Å². The summed E-state index contributed by atoms with van der Waals surface area (Å²) in [5.74, 6) is -0.974. The minimum absolute atomic E-state index is 0.0384. The van der Waals surface area contributed by atoms with Crippen molar-refractivity contribution >= 4 is 50.7 Å². The summed E-state index contributed by atoms with van der Waals surface area (Å²) in [6.45, 7) is -0.0839. The van der Waals surface area contributed by atoms with Crippen LogP contribution in [0.4, 0.5) is 26.3 Å². The first kappa shape index (κ1) is 25.7. The van der Waals surface area contributed by atoms with Crippen LogP contribution in [0.3, 0.4) is 0 Å². The lowest BCUT2D eigenvalue weighted by molar-refractivity contribution is -0.270. The van der Waals surface area contributed by atoms with Crippen molar-refractivity contribution in [3.05, 3.63) is 73.2 Å². The molecule has 1 amide bonds. The third kappa shape index (κ3) is 5.11. The highest BCUT2D eigenvalue weighted by Crippen LogP contribution is 2.54. The fourth-order valence-corrected chi connectivity index (χ4v) is 4.59. The Kier molecular flexibility index (Phi) is 7.01. The van der Waals surface area contributed by atoms with Crippen LogP contribution in [0, 0.1) is 6.92 Å². The lowest BCUT2D eigenvalue weighted by Gasteiger charge is -2.30. The van der Waals surface area contributed by atoms with Crippen LogP contribution in [0.5, 0.6) is 0 Å². The molecule has 0 fully saturated rings. The zero-order chi connectivity index (χ0) is 24.8. The van der Waals surface area contributed by atoms with Gasteiger partial charge in [0.05, 0.1) is 10.2 Å². The fourth-order valence-electron chi connectivity index (χ4n) is 3.22. The molecular formula is C20H13BrCl2F6N2O2. The van der Waals surface area contributed by atoms with E-state index in [1.807, 2.05) is 0 Å². The van der Waals surface area contributed by atoms with Gasteiger partial charge >= 0.3 is 12.4 Å². The standard InChI is InChI=1S/C20H13BrCl2F6N2O2/c1-9-4-10(2-3-14(9)17(32)30-8-18(24,25)26)15-16(21)19(33-31-15,20(27,28)29)11-5-12(22)7-13(23)6-11/h2-7,31H,8H2,1H3,(H,30,32). The molecule has 0 bridgehead atoms. The van der Waals surface area contributed by atoms with E-state index in [4.69, 9.17) is 28.0 Å². The topological polar surface area (TPSA) is 50.4 Å². The predicted octanol–water partition coefficient (Wildman–Crippen LogP) is 6.65. The summed E-state index contributed by atoms with van der Waals surface area (Å²) in [5.41, 5.74) is -0.861. The van der Waals surface area contributed by atoms with Gasteiger partial charge in [-0.2, -0.15) is 26.3 Å². The van der Waals surface area contributed by atoms with Crippen molar-refractivity contribution in [3.8, 4) is 0 Å². The minimum Gasteiger partial charge on any atom is -0.343 e. The zero-order valence-electron chi connectivity index (χ0n) is 16.4.